The summed E-state index contributed by atoms with van der Waals surface area (Å²) in [4.78, 5) is 0. The second kappa shape index (κ2) is 2.98. The SMILES string of the molecule is CC(C)[N+]1(C(C)C)CC=CC1. The van der Waals surface area contributed by atoms with E-state index in [1.165, 1.54) is 17.6 Å². The largest absolute Gasteiger partial charge is 0.313 e. The highest BCUT2D eigenvalue weighted by Gasteiger charge is 2.34. The van der Waals surface area contributed by atoms with Crippen LogP contribution >= 0.6 is 0 Å². The molecule has 1 aliphatic heterocycles. The highest BCUT2D eigenvalue weighted by molar-refractivity contribution is 4.89. The highest BCUT2D eigenvalue weighted by atomic mass is 15.4. The molecule has 1 heterocycles. The van der Waals surface area contributed by atoms with Gasteiger partial charge < -0.3 is 4.48 Å². The van der Waals surface area contributed by atoms with Crippen molar-refractivity contribution in [1.29, 1.82) is 0 Å². The Morgan fingerprint density at radius 3 is 1.45 bits per heavy atom. The van der Waals surface area contributed by atoms with E-state index in [1.54, 1.807) is 0 Å². The third kappa shape index (κ3) is 1.34. The minimum Gasteiger partial charge on any atom is -0.313 e. The summed E-state index contributed by atoms with van der Waals surface area (Å²) in [5, 5.41) is 0. The quantitative estimate of drug-likeness (QED) is 0.422. The Morgan fingerprint density at radius 2 is 1.27 bits per heavy atom. The highest BCUT2D eigenvalue weighted by Crippen LogP contribution is 2.22. The van der Waals surface area contributed by atoms with Crippen molar-refractivity contribution in [3.05, 3.63) is 12.2 Å². The Hall–Kier alpha value is -0.300. The molecule has 1 heteroatoms. The summed E-state index contributed by atoms with van der Waals surface area (Å²) in [6.45, 7) is 11.8. The molecule has 0 amide bonds. The average molecular weight is 154 g/mol. The smallest absolute Gasteiger partial charge is 0.0982 e. The lowest BCUT2D eigenvalue weighted by atomic mass is 10.1. The fourth-order valence-corrected chi connectivity index (χ4v) is 2.06. The zero-order valence-corrected chi connectivity index (χ0v) is 8.17. The van der Waals surface area contributed by atoms with Crippen LogP contribution in [0.2, 0.25) is 0 Å². The van der Waals surface area contributed by atoms with E-state index in [0.717, 1.165) is 12.1 Å². The van der Waals surface area contributed by atoms with Gasteiger partial charge in [-0.15, -0.1) is 0 Å². The van der Waals surface area contributed by atoms with Gasteiger partial charge in [-0.05, 0) is 39.8 Å². The molecule has 0 saturated carbocycles. The number of hydrogen-bond donors (Lipinski definition) is 0. The van der Waals surface area contributed by atoms with Crippen molar-refractivity contribution in [1.82, 2.24) is 0 Å². The third-order valence-electron chi connectivity index (χ3n) is 3.11. The van der Waals surface area contributed by atoms with Gasteiger partial charge in [-0.2, -0.15) is 0 Å². The molecule has 0 aromatic carbocycles. The van der Waals surface area contributed by atoms with Crippen molar-refractivity contribution in [3.63, 3.8) is 0 Å². The predicted molar refractivity (Wildman–Crippen MR) is 49.4 cm³/mol. The first-order valence-corrected chi connectivity index (χ1v) is 4.61. The van der Waals surface area contributed by atoms with Crippen molar-refractivity contribution in [2.45, 2.75) is 39.8 Å². The molecule has 11 heavy (non-hydrogen) atoms. The summed E-state index contributed by atoms with van der Waals surface area (Å²) in [7, 11) is 0. The summed E-state index contributed by atoms with van der Waals surface area (Å²) in [6, 6.07) is 1.51. The van der Waals surface area contributed by atoms with E-state index in [0.29, 0.717) is 0 Å². The van der Waals surface area contributed by atoms with Gasteiger partial charge in [-0.3, -0.25) is 0 Å². The molecule has 0 bridgehead atoms. The molecule has 0 saturated heterocycles. The van der Waals surface area contributed by atoms with Gasteiger partial charge in [0, 0.05) is 0 Å². The molecule has 0 fully saturated rings. The molecule has 0 unspecified atom stereocenters. The summed E-state index contributed by atoms with van der Waals surface area (Å²) in [5.74, 6) is 0. The lowest BCUT2D eigenvalue weighted by Gasteiger charge is -2.42. The molecule has 0 aliphatic carbocycles. The first-order valence-electron chi connectivity index (χ1n) is 4.61. The topological polar surface area (TPSA) is 0 Å². The van der Waals surface area contributed by atoms with Crippen LogP contribution in [0.5, 0.6) is 0 Å². The lowest BCUT2D eigenvalue weighted by Crippen LogP contribution is -2.55. The van der Waals surface area contributed by atoms with Crippen LogP contribution in [-0.2, 0) is 0 Å². The van der Waals surface area contributed by atoms with E-state index in [-0.39, 0.29) is 0 Å². The number of nitrogens with zero attached hydrogens (tertiary/aromatic N) is 1. The van der Waals surface area contributed by atoms with E-state index in [2.05, 4.69) is 39.8 Å². The number of rotatable bonds is 2. The maximum Gasteiger partial charge on any atom is 0.0982 e. The summed E-state index contributed by atoms with van der Waals surface area (Å²) >= 11 is 0. The maximum atomic E-state index is 2.33. The Labute approximate surface area is 70.3 Å². The zero-order valence-electron chi connectivity index (χ0n) is 8.17. The van der Waals surface area contributed by atoms with Crippen LogP contribution in [0.15, 0.2) is 12.2 Å². The number of quaternary nitrogens is 1. The molecule has 0 radical (unpaired) electrons. The van der Waals surface area contributed by atoms with Crippen LogP contribution in [0, 0.1) is 0 Å². The summed E-state index contributed by atoms with van der Waals surface area (Å²) < 4.78 is 1.25. The molecule has 0 N–H and O–H groups in total. The van der Waals surface area contributed by atoms with Gasteiger partial charge in [0.1, 0.15) is 0 Å². The van der Waals surface area contributed by atoms with Gasteiger partial charge in [0.15, 0.2) is 0 Å². The molecule has 0 aromatic heterocycles. The first kappa shape index (κ1) is 8.79. The van der Waals surface area contributed by atoms with Crippen molar-refractivity contribution in [2.24, 2.45) is 0 Å². The number of hydrogen-bond acceptors (Lipinski definition) is 0. The van der Waals surface area contributed by atoms with Gasteiger partial charge in [-0.1, -0.05) is 0 Å². The molecule has 1 nitrogen and oxygen atoms in total. The van der Waals surface area contributed by atoms with Gasteiger partial charge in [0.05, 0.1) is 25.2 Å². The monoisotopic (exact) mass is 154 g/mol. The minimum atomic E-state index is 0.755. The van der Waals surface area contributed by atoms with Gasteiger partial charge in [-0.25, -0.2) is 0 Å². The van der Waals surface area contributed by atoms with Gasteiger partial charge in [0.25, 0.3) is 0 Å². The molecular formula is C10H20N+. The first-order chi connectivity index (χ1) is 5.09. The van der Waals surface area contributed by atoms with E-state index in [9.17, 15) is 0 Å². The second-order valence-electron chi connectivity index (χ2n) is 4.13. The van der Waals surface area contributed by atoms with E-state index in [1.807, 2.05) is 0 Å². The van der Waals surface area contributed by atoms with Crippen LogP contribution in [0.25, 0.3) is 0 Å². The van der Waals surface area contributed by atoms with Crippen molar-refractivity contribution < 1.29 is 4.48 Å². The van der Waals surface area contributed by atoms with Crippen LogP contribution in [-0.4, -0.2) is 29.7 Å². The molecule has 64 valence electrons. The van der Waals surface area contributed by atoms with E-state index >= 15 is 0 Å². The fraction of sp³-hybridized carbons (Fsp3) is 0.800. The Bertz CT molecular complexity index is 138. The Kier molecular flexibility index (Phi) is 2.38. The van der Waals surface area contributed by atoms with Crippen molar-refractivity contribution in [3.8, 4) is 0 Å². The standard InChI is InChI=1S/C10H20N/c1-9(2)11(10(3)4)7-5-6-8-11/h5-6,9-10H,7-8H2,1-4H3/q+1. The average Bonchev–Trinajstić information content (AvgIpc) is 2.34. The van der Waals surface area contributed by atoms with Crippen LogP contribution < -0.4 is 0 Å². The molecule has 1 rings (SSSR count). The predicted octanol–water partition coefficient (Wildman–Crippen LogP) is 2.19. The molecule has 1 aliphatic rings. The summed E-state index contributed by atoms with van der Waals surface area (Å²) in [6.07, 6.45) is 4.64. The molecule has 0 aromatic rings. The third-order valence-corrected chi connectivity index (χ3v) is 3.11. The normalized spacial score (nSPS) is 22.0. The molecule has 0 atom stereocenters. The fourth-order valence-electron chi connectivity index (χ4n) is 2.06. The summed E-state index contributed by atoms with van der Waals surface area (Å²) in [5.41, 5.74) is 0. The van der Waals surface area contributed by atoms with Crippen molar-refractivity contribution in [2.75, 3.05) is 13.1 Å². The van der Waals surface area contributed by atoms with Gasteiger partial charge in [0.2, 0.25) is 0 Å². The van der Waals surface area contributed by atoms with Crippen LogP contribution in [0.1, 0.15) is 27.7 Å². The molecule has 0 spiro atoms. The van der Waals surface area contributed by atoms with Gasteiger partial charge >= 0.3 is 0 Å². The van der Waals surface area contributed by atoms with Crippen molar-refractivity contribution >= 4 is 0 Å². The molecular weight excluding hydrogens is 134 g/mol. The van der Waals surface area contributed by atoms with Crippen LogP contribution in [0.4, 0.5) is 0 Å². The lowest BCUT2D eigenvalue weighted by molar-refractivity contribution is -0.952. The van der Waals surface area contributed by atoms with E-state index in [4.69, 9.17) is 0 Å². The Balaban J connectivity index is 2.73. The zero-order chi connectivity index (χ0) is 8.48. The maximum absolute atomic E-state index is 2.33. The second-order valence-corrected chi connectivity index (χ2v) is 4.13. The minimum absolute atomic E-state index is 0.755. The van der Waals surface area contributed by atoms with Crippen LogP contribution in [0.3, 0.4) is 0 Å². The Morgan fingerprint density at radius 1 is 0.909 bits per heavy atom. The van der Waals surface area contributed by atoms with E-state index < -0.39 is 0 Å².